The van der Waals surface area contributed by atoms with Crippen molar-refractivity contribution in [1.29, 1.82) is 0 Å². The fourth-order valence-corrected chi connectivity index (χ4v) is 8.54. The fraction of sp³-hybridized carbons (Fsp3) is 0.121. The van der Waals surface area contributed by atoms with Gasteiger partial charge < -0.3 is 34.6 Å². The van der Waals surface area contributed by atoms with E-state index in [0.29, 0.717) is 70.4 Å². The van der Waals surface area contributed by atoms with E-state index in [4.69, 9.17) is 9.47 Å². The van der Waals surface area contributed by atoms with Gasteiger partial charge in [-0.1, -0.05) is 84.9 Å². The summed E-state index contributed by atoms with van der Waals surface area (Å²) in [5.41, 5.74) is 6.85. The number of benzene rings is 8. The summed E-state index contributed by atoms with van der Waals surface area (Å²) < 4.78 is 28.0. The number of hydrogen-bond donors (Lipinski definition) is 2. The van der Waals surface area contributed by atoms with Crippen LogP contribution in [0.15, 0.2) is 194 Å². The van der Waals surface area contributed by atoms with E-state index in [0.717, 1.165) is 22.2 Å². The number of fused-ring (bicyclic) bond motifs is 3. The molecule has 8 aromatic carbocycles. The first-order valence-electron chi connectivity index (χ1n) is 22.5. The first-order valence-corrected chi connectivity index (χ1v) is 22.5. The Hall–Kier alpha value is -7.50. The number of aromatic nitrogens is 1. The molecule has 1 heterocycles. The first kappa shape index (κ1) is 48.0. The van der Waals surface area contributed by atoms with E-state index in [9.17, 15) is 23.9 Å². The maximum Gasteiger partial charge on any atom is 1.00 e. The molecule has 9 aromatic rings. The van der Waals surface area contributed by atoms with Gasteiger partial charge in [0.1, 0.15) is 29.7 Å². The van der Waals surface area contributed by atoms with Gasteiger partial charge >= 0.3 is 29.6 Å². The number of hydrogen-bond acceptors (Lipinski definition) is 8. The SMILES string of the molecule is CC(Cc1ccc(Oc2ccc(C(=O)c3ccccc3NC(Cc3ccc(OCCn4c5ccccc5c5ccccc54)cc3)C(=O)[O-])cc2)cc1)Nc1ccccc1C(=O)c1ccc(F)cc1.[Na+]. The third kappa shape index (κ3) is 11.4. The van der Waals surface area contributed by atoms with E-state index < -0.39 is 17.8 Å². The maximum absolute atomic E-state index is 13.8. The van der Waals surface area contributed by atoms with Crippen molar-refractivity contribution in [3.8, 4) is 17.2 Å². The Labute approximate surface area is 421 Å². The van der Waals surface area contributed by atoms with Crippen molar-refractivity contribution in [2.45, 2.75) is 38.4 Å². The van der Waals surface area contributed by atoms with Gasteiger partial charge in [0.25, 0.3) is 0 Å². The molecular formula is C58H47FN3NaO6. The van der Waals surface area contributed by atoms with Crippen LogP contribution in [-0.4, -0.2) is 40.8 Å². The van der Waals surface area contributed by atoms with Gasteiger partial charge in [0.2, 0.25) is 0 Å². The maximum atomic E-state index is 13.8. The van der Waals surface area contributed by atoms with E-state index in [1.807, 2.05) is 91.9 Å². The number of rotatable bonds is 19. The van der Waals surface area contributed by atoms with Crippen molar-refractivity contribution < 1.29 is 62.9 Å². The number of anilines is 2. The molecule has 9 nitrogen and oxygen atoms in total. The van der Waals surface area contributed by atoms with E-state index in [1.165, 1.54) is 35.0 Å². The number of nitrogens with one attached hydrogen (secondary N) is 2. The quantitative estimate of drug-likeness (QED) is 0.0617. The summed E-state index contributed by atoms with van der Waals surface area (Å²) in [6.07, 6.45) is 0.789. The van der Waals surface area contributed by atoms with Crippen molar-refractivity contribution in [3.05, 3.63) is 233 Å². The third-order valence-corrected chi connectivity index (χ3v) is 11.9. The van der Waals surface area contributed by atoms with Crippen LogP contribution in [0.1, 0.15) is 49.9 Å². The van der Waals surface area contributed by atoms with Gasteiger partial charge in [-0.3, -0.25) is 9.59 Å². The van der Waals surface area contributed by atoms with Gasteiger partial charge in [0.05, 0.1) is 18.6 Å². The zero-order valence-electron chi connectivity index (χ0n) is 38.2. The predicted octanol–water partition coefficient (Wildman–Crippen LogP) is 8.09. The molecule has 2 N–H and O–H groups in total. The number of carbonyl (C=O) groups excluding carboxylic acids is 3. The minimum absolute atomic E-state index is 0. The van der Waals surface area contributed by atoms with Gasteiger partial charge in [-0.15, -0.1) is 0 Å². The van der Waals surface area contributed by atoms with E-state index in [2.05, 4.69) is 39.5 Å². The average molecular weight is 924 g/mol. The van der Waals surface area contributed by atoms with Gasteiger partial charge in [-0.2, -0.15) is 0 Å². The zero-order valence-corrected chi connectivity index (χ0v) is 40.2. The standard InChI is InChI=1S/C58H48FN3O6.Na/c1-38(60-51-14-6-2-12-49(51)56(63)41-22-26-43(59)27-23-41)36-39-20-30-45(31-21-39)68-46-32-24-42(25-33-46)57(64)50-13-3-7-15-52(50)61-53(58(65)66)37-40-18-28-44(29-19-40)67-35-34-62-54-16-8-4-10-47(54)48-11-5-9-17-55(48)62;/h2-33,38,53,60-61H,34-37H2,1H3,(H,65,66);/q;+1/p-1. The van der Waals surface area contributed by atoms with Crippen molar-refractivity contribution in [1.82, 2.24) is 4.57 Å². The molecule has 0 aliphatic heterocycles. The van der Waals surface area contributed by atoms with Crippen LogP contribution in [-0.2, 0) is 24.2 Å². The monoisotopic (exact) mass is 923 g/mol. The Morgan fingerprint density at radius 2 is 1.00 bits per heavy atom. The minimum Gasteiger partial charge on any atom is -0.548 e. The summed E-state index contributed by atoms with van der Waals surface area (Å²) in [5, 5.41) is 21.4. The zero-order chi connectivity index (χ0) is 47.0. The summed E-state index contributed by atoms with van der Waals surface area (Å²) >= 11 is 0. The van der Waals surface area contributed by atoms with Crippen LogP contribution < -0.4 is 54.8 Å². The molecule has 2 atom stereocenters. The van der Waals surface area contributed by atoms with E-state index in [1.54, 1.807) is 60.7 Å². The second kappa shape index (κ2) is 22.1. The molecule has 69 heavy (non-hydrogen) atoms. The Kier molecular flexibility index (Phi) is 15.3. The van der Waals surface area contributed by atoms with Gasteiger partial charge in [0, 0.05) is 61.5 Å². The van der Waals surface area contributed by atoms with Crippen LogP contribution in [0.25, 0.3) is 21.8 Å². The molecule has 2 unspecified atom stereocenters. The Balaban J connectivity index is 0.00000642. The van der Waals surface area contributed by atoms with Crippen molar-refractivity contribution in [2.24, 2.45) is 0 Å². The molecule has 0 amide bonds. The van der Waals surface area contributed by atoms with Crippen LogP contribution >= 0.6 is 0 Å². The number of ketones is 2. The molecule has 0 saturated heterocycles. The molecule has 0 fully saturated rings. The third-order valence-electron chi connectivity index (χ3n) is 11.9. The van der Waals surface area contributed by atoms with E-state index in [-0.39, 0.29) is 53.6 Å². The summed E-state index contributed by atoms with van der Waals surface area (Å²) in [7, 11) is 0. The molecule has 338 valence electrons. The fourth-order valence-electron chi connectivity index (χ4n) is 8.54. The average Bonchev–Trinajstić information content (AvgIpc) is 3.68. The van der Waals surface area contributed by atoms with Crippen molar-refractivity contribution in [3.63, 3.8) is 0 Å². The normalized spacial score (nSPS) is 11.9. The van der Waals surface area contributed by atoms with Crippen LogP contribution in [0.5, 0.6) is 17.2 Å². The van der Waals surface area contributed by atoms with Gasteiger partial charge in [0.15, 0.2) is 11.6 Å². The number of carboxylic acid groups (broad SMARTS) is 1. The Morgan fingerprint density at radius 1 is 0.551 bits per heavy atom. The minimum atomic E-state index is -1.29. The van der Waals surface area contributed by atoms with E-state index >= 15 is 0 Å². The molecule has 0 spiro atoms. The molecule has 9 rings (SSSR count). The van der Waals surface area contributed by atoms with Crippen LogP contribution in [0.2, 0.25) is 0 Å². The molecule has 0 bridgehead atoms. The Morgan fingerprint density at radius 3 is 1.55 bits per heavy atom. The number of halogens is 1. The first-order chi connectivity index (χ1) is 33.2. The second-order valence-electron chi connectivity index (χ2n) is 16.7. The van der Waals surface area contributed by atoms with Crippen LogP contribution in [0, 0.1) is 5.82 Å². The molecule has 11 heteroatoms. The number of para-hydroxylation sites is 4. The van der Waals surface area contributed by atoms with Crippen molar-refractivity contribution >= 4 is 50.7 Å². The molecular weight excluding hydrogens is 877 g/mol. The number of carbonyl (C=O) groups is 3. The van der Waals surface area contributed by atoms with Crippen molar-refractivity contribution in [2.75, 3.05) is 17.2 Å². The van der Waals surface area contributed by atoms with Crippen LogP contribution in [0.4, 0.5) is 15.8 Å². The number of aliphatic carboxylic acids is 1. The Bertz CT molecular complexity index is 3180. The topological polar surface area (TPSA) is 122 Å². The molecule has 0 radical (unpaired) electrons. The second-order valence-corrected chi connectivity index (χ2v) is 16.7. The smallest absolute Gasteiger partial charge is 0.548 e. The van der Waals surface area contributed by atoms with Crippen LogP contribution in [0.3, 0.4) is 0 Å². The number of nitrogens with zero attached hydrogens (tertiary/aromatic N) is 1. The van der Waals surface area contributed by atoms with Gasteiger partial charge in [-0.25, -0.2) is 4.39 Å². The summed E-state index contributed by atoms with van der Waals surface area (Å²) in [5.74, 6) is -0.335. The largest absolute Gasteiger partial charge is 1.00 e. The molecule has 0 aliphatic rings. The summed E-state index contributed by atoms with van der Waals surface area (Å²) in [6, 6.07) is 57.0. The number of carboxylic acids is 1. The summed E-state index contributed by atoms with van der Waals surface area (Å²) in [6.45, 7) is 3.14. The van der Waals surface area contributed by atoms with Gasteiger partial charge in [-0.05, 0) is 140 Å². The summed E-state index contributed by atoms with van der Waals surface area (Å²) in [4.78, 5) is 39.5. The predicted molar refractivity (Wildman–Crippen MR) is 263 cm³/mol. The molecule has 0 saturated carbocycles. The number of ether oxygens (including phenoxy) is 2. The molecule has 0 aliphatic carbocycles. The molecule has 1 aromatic heterocycles.